The van der Waals surface area contributed by atoms with Crippen LogP contribution in [0.1, 0.15) is 16.7 Å². The Hall–Kier alpha value is -1.76. The molecule has 0 unspecified atom stereocenters. The van der Waals surface area contributed by atoms with E-state index in [1.807, 2.05) is 0 Å². The summed E-state index contributed by atoms with van der Waals surface area (Å²) in [6.45, 7) is 2.60. The van der Waals surface area contributed by atoms with Crippen LogP contribution in [0.3, 0.4) is 0 Å². The van der Waals surface area contributed by atoms with Crippen LogP contribution in [0.5, 0.6) is 0 Å². The van der Waals surface area contributed by atoms with Crippen LogP contribution in [-0.2, 0) is 5.67 Å². The van der Waals surface area contributed by atoms with Gasteiger partial charge >= 0.3 is 18.0 Å². The van der Waals surface area contributed by atoms with Crippen molar-refractivity contribution in [3.8, 4) is 11.1 Å². The molecule has 0 N–H and O–H groups in total. The van der Waals surface area contributed by atoms with Gasteiger partial charge in [-0.2, -0.15) is 26.3 Å². The van der Waals surface area contributed by atoms with Gasteiger partial charge in [0.05, 0.1) is 0 Å². The largest absolute Gasteiger partial charge is 0.435 e. The minimum atomic E-state index is -6.19. The summed E-state index contributed by atoms with van der Waals surface area (Å²) >= 11 is 5.94. The predicted molar refractivity (Wildman–Crippen MR) is 81.3 cm³/mol. The van der Waals surface area contributed by atoms with Crippen molar-refractivity contribution in [1.29, 1.82) is 0 Å². The van der Waals surface area contributed by atoms with Crippen molar-refractivity contribution in [2.45, 2.75) is 31.9 Å². The Morgan fingerprint density at radius 2 is 1.32 bits per heavy atom. The molecule has 2 aromatic rings. The topological polar surface area (TPSA) is 0 Å². The van der Waals surface area contributed by atoms with Gasteiger partial charge in [0.1, 0.15) is 0 Å². The summed E-state index contributed by atoms with van der Waals surface area (Å²) in [6, 6.07) is 7.34. The lowest BCUT2D eigenvalue weighted by Gasteiger charge is -2.33. The first kappa shape index (κ1) is 19.6. The van der Waals surface area contributed by atoms with E-state index in [4.69, 9.17) is 11.6 Å². The van der Waals surface area contributed by atoms with E-state index < -0.39 is 29.1 Å². The molecule has 0 fully saturated rings. The Morgan fingerprint density at radius 1 is 0.800 bits per heavy atom. The maximum atomic E-state index is 14.7. The molecule has 0 amide bonds. The SMILES string of the molecule is Cc1cc(C)c(-c2ccccc2Cl)c(C(F)(C(F)(F)F)C(F)(F)F)c1. The first-order chi connectivity index (χ1) is 11.3. The van der Waals surface area contributed by atoms with Gasteiger partial charge in [-0.3, -0.25) is 0 Å². The van der Waals surface area contributed by atoms with Crippen LogP contribution in [0.25, 0.3) is 11.1 Å². The second-order valence-electron chi connectivity index (χ2n) is 5.64. The monoisotopic (exact) mass is 384 g/mol. The summed E-state index contributed by atoms with van der Waals surface area (Å²) in [6.07, 6.45) is -12.4. The summed E-state index contributed by atoms with van der Waals surface area (Å²) in [4.78, 5) is 0. The zero-order valence-corrected chi connectivity index (χ0v) is 13.7. The Morgan fingerprint density at radius 3 is 1.80 bits per heavy atom. The molecule has 136 valence electrons. The molecule has 0 atom stereocenters. The standard InChI is InChI=1S/C17H12ClF7/c1-9-7-10(2)14(11-5-3-4-6-13(11)18)12(8-9)15(19,16(20,21)22)17(23,24)25/h3-8H,1-2H3. The highest BCUT2D eigenvalue weighted by molar-refractivity contribution is 6.33. The molecule has 0 radical (unpaired) electrons. The van der Waals surface area contributed by atoms with E-state index in [-0.39, 0.29) is 21.7 Å². The molecule has 2 rings (SSSR count). The quantitative estimate of drug-likeness (QED) is 0.493. The summed E-state index contributed by atoms with van der Waals surface area (Å²) in [5.41, 5.74) is -7.54. The van der Waals surface area contributed by atoms with Crippen LogP contribution >= 0.6 is 11.6 Å². The Balaban J connectivity index is 2.97. The summed E-state index contributed by atoms with van der Waals surface area (Å²) in [5, 5.41) is -0.0811. The van der Waals surface area contributed by atoms with Gasteiger partial charge in [-0.25, -0.2) is 4.39 Å². The molecular weight excluding hydrogens is 373 g/mol. The molecule has 8 heteroatoms. The van der Waals surface area contributed by atoms with Crippen LogP contribution in [-0.4, -0.2) is 12.4 Å². The molecule has 0 heterocycles. The molecule has 0 bridgehead atoms. The van der Waals surface area contributed by atoms with Crippen molar-refractivity contribution >= 4 is 11.6 Å². The van der Waals surface area contributed by atoms with E-state index in [1.54, 1.807) is 0 Å². The lowest BCUT2D eigenvalue weighted by molar-refractivity contribution is -0.348. The third-order valence-corrected chi connectivity index (χ3v) is 4.11. The average Bonchev–Trinajstić information content (AvgIpc) is 2.44. The highest BCUT2D eigenvalue weighted by Gasteiger charge is 2.74. The Kier molecular flexibility index (Phi) is 4.85. The van der Waals surface area contributed by atoms with Crippen LogP contribution in [0.4, 0.5) is 30.7 Å². The third kappa shape index (κ3) is 3.21. The molecule has 2 aromatic carbocycles. The second-order valence-corrected chi connectivity index (χ2v) is 6.05. The van der Waals surface area contributed by atoms with E-state index in [2.05, 4.69) is 0 Å². The third-order valence-electron chi connectivity index (χ3n) is 3.78. The van der Waals surface area contributed by atoms with Gasteiger partial charge in [-0.15, -0.1) is 0 Å². The fraction of sp³-hybridized carbons (Fsp3) is 0.294. The van der Waals surface area contributed by atoms with Crippen LogP contribution in [0.2, 0.25) is 5.02 Å². The molecule has 0 saturated carbocycles. The highest BCUT2D eigenvalue weighted by atomic mass is 35.5. The molecule has 0 aromatic heterocycles. The fourth-order valence-corrected chi connectivity index (χ4v) is 2.96. The minimum Gasteiger partial charge on any atom is -0.218 e. The highest BCUT2D eigenvalue weighted by Crippen LogP contribution is 2.56. The summed E-state index contributed by atoms with van der Waals surface area (Å²) in [7, 11) is 0. The number of rotatable bonds is 2. The van der Waals surface area contributed by atoms with Crippen molar-refractivity contribution in [3.05, 3.63) is 58.1 Å². The normalized spacial score (nSPS) is 13.2. The van der Waals surface area contributed by atoms with Gasteiger partial charge < -0.3 is 0 Å². The van der Waals surface area contributed by atoms with Crippen molar-refractivity contribution < 1.29 is 30.7 Å². The second kappa shape index (κ2) is 6.20. The van der Waals surface area contributed by atoms with E-state index in [1.165, 1.54) is 44.2 Å². The van der Waals surface area contributed by atoms with Gasteiger partial charge in [0.15, 0.2) is 0 Å². The summed E-state index contributed by atoms with van der Waals surface area (Å²) < 4.78 is 94.0. The van der Waals surface area contributed by atoms with Crippen LogP contribution in [0.15, 0.2) is 36.4 Å². The Labute approximate surface area is 144 Å². The van der Waals surface area contributed by atoms with E-state index in [0.717, 1.165) is 0 Å². The smallest absolute Gasteiger partial charge is 0.218 e. The minimum absolute atomic E-state index is 0.0543. The van der Waals surface area contributed by atoms with Crippen molar-refractivity contribution in [2.24, 2.45) is 0 Å². The van der Waals surface area contributed by atoms with Crippen molar-refractivity contribution in [1.82, 2.24) is 0 Å². The lowest BCUT2D eigenvalue weighted by Crippen LogP contribution is -2.50. The van der Waals surface area contributed by atoms with E-state index in [9.17, 15) is 30.7 Å². The molecule has 25 heavy (non-hydrogen) atoms. The number of hydrogen-bond donors (Lipinski definition) is 0. The lowest BCUT2D eigenvalue weighted by atomic mass is 9.83. The van der Waals surface area contributed by atoms with E-state index in [0.29, 0.717) is 6.07 Å². The number of aryl methyl sites for hydroxylation is 2. The number of alkyl halides is 7. The van der Waals surface area contributed by atoms with Crippen molar-refractivity contribution in [2.75, 3.05) is 0 Å². The maximum absolute atomic E-state index is 14.7. The number of halogens is 8. The predicted octanol–water partition coefficient (Wildman–Crippen LogP) is 6.91. The van der Waals surface area contributed by atoms with Gasteiger partial charge in [0, 0.05) is 16.1 Å². The number of benzene rings is 2. The first-order valence-corrected chi connectivity index (χ1v) is 7.37. The molecule has 0 nitrogen and oxygen atoms in total. The summed E-state index contributed by atoms with van der Waals surface area (Å²) in [5.74, 6) is 0. The molecule has 0 aliphatic carbocycles. The molecule has 0 aliphatic heterocycles. The zero-order valence-electron chi connectivity index (χ0n) is 13.0. The molecule has 0 saturated heterocycles. The van der Waals surface area contributed by atoms with Gasteiger partial charge in [0.2, 0.25) is 0 Å². The van der Waals surface area contributed by atoms with Crippen LogP contribution < -0.4 is 0 Å². The van der Waals surface area contributed by atoms with Crippen LogP contribution in [0, 0.1) is 13.8 Å². The maximum Gasteiger partial charge on any atom is 0.435 e. The first-order valence-electron chi connectivity index (χ1n) is 6.99. The Bertz CT molecular complexity index is 777. The van der Waals surface area contributed by atoms with Gasteiger partial charge in [-0.1, -0.05) is 47.5 Å². The molecular formula is C17H12ClF7. The average molecular weight is 385 g/mol. The molecule has 0 spiro atoms. The fourth-order valence-electron chi connectivity index (χ4n) is 2.73. The molecule has 0 aliphatic rings. The zero-order chi connectivity index (χ0) is 19.2. The van der Waals surface area contributed by atoms with Crippen molar-refractivity contribution in [3.63, 3.8) is 0 Å². The number of hydrogen-bond acceptors (Lipinski definition) is 0. The van der Waals surface area contributed by atoms with Gasteiger partial charge in [0.25, 0.3) is 0 Å². The van der Waals surface area contributed by atoms with Gasteiger partial charge in [-0.05, 0) is 31.0 Å². The van der Waals surface area contributed by atoms with E-state index >= 15 is 0 Å².